The zero-order chi connectivity index (χ0) is 24.8. The fraction of sp³-hybridized carbons (Fsp3) is 0.444. The van der Waals surface area contributed by atoms with Gasteiger partial charge in [-0.2, -0.15) is 0 Å². The first-order valence-corrected chi connectivity index (χ1v) is 12.3. The Hall–Kier alpha value is -3.39. The van der Waals surface area contributed by atoms with Gasteiger partial charge in [0.05, 0.1) is 18.6 Å². The Balaban J connectivity index is 1.40. The lowest BCUT2D eigenvalue weighted by Crippen LogP contribution is -2.56. The van der Waals surface area contributed by atoms with E-state index in [4.69, 9.17) is 10.5 Å². The molecule has 1 heterocycles. The Bertz CT molecular complexity index is 1040. The molecular weight excluding hydrogens is 444 g/mol. The van der Waals surface area contributed by atoms with Crippen molar-refractivity contribution in [2.75, 3.05) is 33.3 Å². The van der Waals surface area contributed by atoms with Crippen molar-refractivity contribution in [3.8, 4) is 5.75 Å². The van der Waals surface area contributed by atoms with Crippen LogP contribution in [-0.4, -0.2) is 66.9 Å². The van der Waals surface area contributed by atoms with E-state index in [0.717, 1.165) is 25.7 Å². The summed E-state index contributed by atoms with van der Waals surface area (Å²) in [6.07, 6.45) is 3.74. The maximum atomic E-state index is 13.3. The first-order valence-electron chi connectivity index (χ1n) is 12.3. The molecule has 3 atom stereocenters. The number of nitrogens with one attached hydrogen (secondary N) is 1. The number of hydrogen-bond donors (Lipinski definition) is 2. The molecule has 1 saturated carbocycles. The number of para-hydroxylation sites is 1. The quantitative estimate of drug-likeness (QED) is 0.636. The van der Waals surface area contributed by atoms with Gasteiger partial charge in [0.25, 0.3) is 5.91 Å². The normalized spacial score (nSPS) is 21.7. The van der Waals surface area contributed by atoms with Crippen LogP contribution in [0.4, 0.5) is 0 Å². The predicted octanol–water partition coefficient (Wildman–Crippen LogP) is 2.35. The van der Waals surface area contributed by atoms with Crippen LogP contribution in [0.1, 0.15) is 47.6 Å². The van der Waals surface area contributed by atoms with Crippen molar-refractivity contribution in [2.45, 2.75) is 37.8 Å². The molecule has 1 saturated heterocycles. The van der Waals surface area contributed by atoms with Crippen molar-refractivity contribution >= 4 is 17.7 Å². The summed E-state index contributed by atoms with van der Waals surface area (Å²) in [5, 5.41) is 2.91. The minimum atomic E-state index is -0.846. The fourth-order valence-corrected chi connectivity index (χ4v) is 5.32. The Labute approximate surface area is 206 Å². The molecule has 2 aliphatic rings. The van der Waals surface area contributed by atoms with Crippen LogP contribution in [0.5, 0.6) is 5.75 Å². The van der Waals surface area contributed by atoms with Crippen molar-refractivity contribution in [2.24, 2.45) is 11.7 Å². The van der Waals surface area contributed by atoms with Crippen LogP contribution in [0.3, 0.4) is 0 Å². The minimum absolute atomic E-state index is 0.0350. The average Bonchev–Trinajstić information content (AvgIpc) is 2.91. The molecule has 186 valence electrons. The van der Waals surface area contributed by atoms with Gasteiger partial charge in [-0.25, -0.2) is 0 Å². The third kappa shape index (κ3) is 5.65. The molecule has 0 radical (unpaired) electrons. The van der Waals surface area contributed by atoms with Gasteiger partial charge in [-0.3, -0.25) is 19.3 Å². The number of methoxy groups -OCH3 is 1. The van der Waals surface area contributed by atoms with Crippen LogP contribution < -0.4 is 15.8 Å². The zero-order valence-corrected chi connectivity index (χ0v) is 20.2. The highest BCUT2D eigenvalue weighted by Gasteiger charge is 2.38. The molecule has 2 aromatic rings. The maximum Gasteiger partial charge on any atom is 0.257 e. The lowest BCUT2D eigenvalue weighted by atomic mass is 9.82. The summed E-state index contributed by atoms with van der Waals surface area (Å²) >= 11 is 0. The first-order chi connectivity index (χ1) is 17.0. The number of rotatable bonds is 7. The smallest absolute Gasteiger partial charge is 0.257 e. The molecule has 35 heavy (non-hydrogen) atoms. The minimum Gasteiger partial charge on any atom is -0.496 e. The van der Waals surface area contributed by atoms with Gasteiger partial charge in [-0.15, -0.1) is 0 Å². The van der Waals surface area contributed by atoms with Crippen molar-refractivity contribution in [3.05, 3.63) is 65.7 Å². The number of ether oxygens (including phenoxy) is 1. The van der Waals surface area contributed by atoms with Crippen LogP contribution in [0.25, 0.3) is 0 Å². The summed E-state index contributed by atoms with van der Waals surface area (Å²) < 4.78 is 5.36. The van der Waals surface area contributed by atoms with Gasteiger partial charge in [0.15, 0.2) is 0 Å². The van der Waals surface area contributed by atoms with Crippen LogP contribution in [0.15, 0.2) is 54.6 Å². The molecule has 3 N–H and O–H groups in total. The lowest BCUT2D eigenvalue weighted by molar-refractivity contribution is -0.133. The van der Waals surface area contributed by atoms with E-state index in [1.165, 1.54) is 0 Å². The van der Waals surface area contributed by atoms with E-state index in [0.29, 0.717) is 43.1 Å². The SMILES string of the molecule is COc1ccccc1C(=O)N1CCN([C@@H]2CCCC[C@H]2C(=O)N[C@H](C(N)=O)c2ccccc2)CC1. The fourth-order valence-electron chi connectivity index (χ4n) is 5.32. The summed E-state index contributed by atoms with van der Waals surface area (Å²) in [7, 11) is 1.57. The summed E-state index contributed by atoms with van der Waals surface area (Å²) in [6.45, 7) is 2.59. The van der Waals surface area contributed by atoms with Gasteiger partial charge < -0.3 is 20.7 Å². The van der Waals surface area contributed by atoms with Crippen molar-refractivity contribution in [1.29, 1.82) is 0 Å². The van der Waals surface area contributed by atoms with Gasteiger partial charge in [-0.1, -0.05) is 55.3 Å². The van der Waals surface area contributed by atoms with Crippen LogP contribution in [-0.2, 0) is 9.59 Å². The third-order valence-corrected chi connectivity index (χ3v) is 7.18. The van der Waals surface area contributed by atoms with E-state index in [9.17, 15) is 14.4 Å². The number of piperazine rings is 1. The molecule has 4 rings (SSSR count). The third-order valence-electron chi connectivity index (χ3n) is 7.18. The molecule has 3 amide bonds. The van der Waals surface area contributed by atoms with Crippen LogP contribution >= 0.6 is 0 Å². The number of carbonyl (C=O) groups excluding carboxylic acids is 3. The molecule has 2 fully saturated rings. The molecule has 0 aromatic heterocycles. The second-order valence-corrected chi connectivity index (χ2v) is 9.24. The molecule has 8 nitrogen and oxygen atoms in total. The summed E-state index contributed by atoms with van der Waals surface area (Å²) in [4.78, 5) is 42.7. The molecule has 2 aromatic carbocycles. The number of nitrogens with zero attached hydrogens (tertiary/aromatic N) is 2. The standard InChI is InChI=1S/C27H34N4O4/c1-35-23-14-8-6-12-21(23)27(34)31-17-15-30(16-18-31)22-13-7-5-11-20(22)26(33)29-24(25(28)32)19-9-3-2-4-10-19/h2-4,6,8-10,12,14,20,22,24H,5,7,11,13,15-18H2,1H3,(H2,28,32)(H,29,33)/t20-,22-,24+/m1/s1. The van der Waals surface area contributed by atoms with E-state index >= 15 is 0 Å². The summed E-state index contributed by atoms with van der Waals surface area (Å²) in [5.41, 5.74) is 6.88. The van der Waals surface area contributed by atoms with Gasteiger partial charge in [0.1, 0.15) is 11.8 Å². The average molecular weight is 479 g/mol. The molecular formula is C27H34N4O4. The number of primary amides is 1. The van der Waals surface area contributed by atoms with Crippen molar-refractivity contribution < 1.29 is 19.1 Å². The number of amides is 3. The van der Waals surface area contributed by atoms with E-state index in [1.54, 1.807) is 31.4 Å². The first kappa shape index (κ1) is 24.7. The van der Waals surface area contributed by atoms with E-state index in [2.05, 4.69) is 10.2 Å². The van der Waals surface area contributed by atoms with Gasteiger partial charge in [0.2, 0.25) is 11.8 Å². The Morgan fingerprint density at radius 2 is 1.60 bits per heavy atom. The molecule has 0 spiro atoms. The van der Waals surface area contributed by atoms with E-state index in [-0.39, 0.29) is 23.8 Å². The highest BCUT2D eigenvalue weighted by molar-refractivity contribution is 5.97. The van der Waals surface area contributed by atoms with Gasteiger partial charge in [0, 0.05) is 32.2 Å². The summed E-state index contributed by atoms with van der Waals surface area (Å²) in [5.74, 6) is -0.375. The monoisotopic (exact) mass is 478 g/mol. The van der Waals surface area contributed by atoms with Crippen molar-refractivity contribution in [3.63, 3.8) is 0 Å². The molecule has 1 aliphatic heterocycles. The van der Waals surface area contributed by atoms with Gasteiger partial charge >= 0.3 is 0 Å². The topological polar surface area (TPSA) is 105 Å². The highest BCUT2D eigenvalue weighted by Crippen LogP contribution is 2.31. The second kappa shape index (κ2) is 11.4. The number of hydrogen-bond acceptors (Lipinski definition) is 5. The Morgan fingerprint density at radius 1 is 0.943 bits per heavy atom. The van der Waals surface area contributed by atoms with E-state index < -0.39 is 11.9 Å². The molecule has 1 aliphatic carbocycles. The Morgan fingerprint density at radius 3 is 2.29 bits per heavy atom. The summed E-state index contributed by atoms with van der Waals surface area (Å²) in [6, 6.07) is 15.6. The molecule has 0 unspecified atom stereocenters. The largest absolute Gasteiger partial charge is 0.496 e. The maximum absolute atomic E-state index is 13.3. The molecule has 8 heteroatoms. The highest BCUT2D eigenvalue weighted by atomic mass is 16.5. The Kier molecular flexibility index (Phi) is 8.02. The van der Waals surface area contributed by atoms with E-state index in [1.807, 2.05) is 35.2 Å². The van der Waals surface area contributed by atoms with Crippen molar-refractivity contribution in [1.82, 2.24) is 15.1 Å². The number of benzene rings is 2. The van der Waals surface area contributed by atoms with Crippen LogP contribution in [0.2, 0.25) is 0 Å². The molecule has 0 bridgehead atoms. The second-order valence-electron chi connectivity index (χ2n) is 9.24. The predicted molar refractivity (Wildman–Crippen MR) is 133 cm³/mol. The zero-order valence-electron chi connectivity index (χ0n) is 20.2. The number of nitrogens with two attached hydrogens (primary N) is 1. The number of carbonyl (C=O) groups is 3. The van der Waals surface area contributed by atoms with Crippen LogP contribution in [0, 0.1) is 5.92 Å². The lowest BCUT2D eigenvalue weighted by Gasteiger charge is -2.44. The van der Waals surface area contributed by atoms with Gasteiger partial charge in [-0.05, 0) is 30.5 Å².